The Balaban J connectivity index is 1.85. The molecule has 0 N–H and O–H groups in total. The van der Waals surface area contributed by atoms with E-state index in [2.05, 4.69) is 0 Å². The van der Waals surface area contributed by atoms with Gasteiger partial charge in [0.05, 0.1) is 26.0 Å². The number of rotatable bonds is 10. The Kier molecular flexibility index (Phi) is 7.97. The van der Waals surface area contributed by atoms with Crippen LogP contribution in [0.3, 0.4) is 0 Å². The summed E-state index contributed by atoms with van der Waals surface area (Å²) in [6.07, 6.45) is 1.57. The average Bonchev–Trinajstić information content (AvgIpc) is 2.91. The lowest BCUT2D eigenvalue weighted by Crippen LogP contribution is -2.08. The fraction of sp³-hybridized carbons (Fsp3) is 0.138. The highest BCUT2D eigenvalue weighted by Crippen LogP contribution is 2.46. The predicted molar refractivity (Wildman–Crippen MR) is 142 cm³/mol. The van der Waals surface area contributed by atoms with E-state index in [9.17, 15) is 17.6 Å². The van der Waals surface area contributed by atoms with Crippen LogP contribution in [0.4, 0.5) is 4.39 Å². The van der Waals surface area contributed by atoms with E-state index < -0.39 is 15.9 Å². The van der Waals surface area contributed by atoms with Crippen molar-refractivity contribution in [2.24, 2.45) is 0 Å². The average molecular weight is 537 g/mol. The second-order valence-corrected chi connectivity index (χ2v) is 9.87. The van der Waals surface area contributed by atoms with Gasteiger partial charge in [-0.25, -0.2) is 4.39 Å². The summed E-state index contributed by atoms with van der Waals surface area (Å²) < 4.78 is 59.9. The maximum Gasteiger partial charge on any atom is 0.306 e. The molecule has 0 aliphatic heterocycles. The molecule has 0 saturated carbocycles. The molecule has 0 unspecified atom stereocenters. The lowest BCUT2D eigenvalue weighted by molar-refractivity contribution is 0.112. The highest BCUT2D eigenvalue weighted by molar-refractivity contribution is 7.86. The summed E-state index contributed by atoms with van der Waals surface area (Å²) in [4.78, 5) is 12.3. The van der Waals surface area contributed by atoms with E-state index in [1.54, 1.807) is 18.2 Å². The van der Waals surface area contributed by atoms with Crippen LogP contribution in [0.15, 0.2) is 78.9 Å². The number of carbonyl (C=O) groups is 1. The van der Waals surface area contributed by atoms with Crippen molar-refractivity contribution in [1.29, 1.82) is 0 Å². The molecule has 0 bridgehead atoms. The molecule has 0 radical (unpaired) electrons. The third kappa shape index (κ3) is 5.95. The van der Waals surface area contributed by atoms with Crippen LogP contribution in [0, 0.1) is 5.82 Å². The Labute approximate surface area is 220 Å². The Morgan fingerprint density at radius 1 is 0.816 bits per heavy atom. The molecular formula is C29H25FO7S. The summed E-state index contributed by atoms with van der Waals surface area (Å²) in [5, 5.41) is 0. The number of ether oxygens (including phenoxy) is 3. The van der Waals surface area contributed by atoms with Gasteiger partial charge in [-0.05, 0) is 47.0 Å². The molecule has 0 heterocycles. The van der Waals surface area contributed by atoms with Crippen LogP contribution in [-0.2, 0) is 16.7 Å². The Hall–Kier alpha value is -4.37. The van der Waals surface area contributed by atoms with E-state index >= 15 is 0 Å². The van der Waals surface area contributed by atoms with Crippen molar-refractivity contribution in [1.82, 2.24) is 0 Å². The molecule has 38 heavy (non-hydrogen) atoms. The van der Waals surface area contributed by atoms with Crippen LogP contribution in [0.5, 0.6) is 23.0 Å². The van der Waals surface area contributed by atoms with Gasteiger partial charge in [-0.1, -0.05) is 48.5 Å². The fourth-order valence-corrected chi connectivity index (χ4v) is 4.50. The van der Waals surface area contributed by atoms with Crippen LogP contribution >= 0.6 is 0 Å². The van der Waals surface area contributed by atoms with E-state index in [0.29, 0.717) is 34.3 Å². The van der Waals surface area contributed by atoms with Crippen molar-refractivity contribution in [3.05, 3.63) is 95.8 Å². The van der Waals surface area contributed by atoms with Gasteiger partial charge in [0.1, 0.15) is 23.9 Å². The first-order valence-electron chi connectivity index (χ1n) is 11.4. The van der Waals surface area contributed by atoms with E-state index in [1.165, 1.54) is 44.6 Å². The molecule has 0 spiro atoms. The number of aldehydes is 1. The van der Waals surface area contributed by atoms with Gasteiger partial charge in [-0.15, -0.1) is 0 Å². The number of halogens is 1. The van der Waals surface area contributed by atoms with Crippen molar-refractivity contribution in [2.45, 2.75) is 6.61 Å². The summed E-state index contributed by atoms with van der Waals surface area (Å²) >= 11 is 0. The Morgan fingerprint density at radius 3 is 2.11 bits per heavy atom. The molecule has 0 fully saturated rings. The van der Waals surface area contributed by atoms with Crippen LogP contribution < -0.4 is 18.4 Å². The van der Waals surface area contributed by atoms with Crippen LogP contribution in [0.2, 0.25) is 0 Å². The molecular weight excluding hydrogens is 511 g/mol. The number of hydrogen-bond donors (Lipinski definition) is 0. The third-order valence-electron chi connectivity index (χ3n) is 5.69. The van der Waals surface area contributed by atoms with E-state index in [1.807, 2.05) is 30.3 Å². The molecule has 0 atom stereocenters. The minimum absolute atomic E-state index is 0.0304. The van der Waals surface area contributed by atoms with E-state index in [-0.39, 0.29) is 29.4 Å². The largest absolute Gasteiger partial charge is 0.496 e. The zero-order valence-electron chi connectivity index (χ0n) is 20.9. The predicted octanol–water partition coefficient (Wildman–Crippen LogP) is 5.91. The summed E-state index contributed by atoms with van der Waals surface area (Å²) in [5.41, 5.74) is 2.99. The molecule has 0 saturated heterocycles. The second kappa shape index (κ2) is 11.4. The molecule has 4 rings (SSSR count). The van der Waals surface area contributed by atoms with E-state index in [4.69, 9.17) is 18.4 Å². The van der Waals surface area contributed by atoms with Crippen molar-refractivity contribution in [2.75, 3.05) is 20.5 Å². The fourth-order valence-electron chi connectivity index (χ4n) is 4.04. The van der Waals surface area contributed by atoms with Gasteiger partial charge in [0, 0.05) is 11.1 Å². The first-order valence-corrected chi connectivity index (χ1v) is 13.3. The maximum atomic E-state index is 13.5. The molecule has 0 aromatic heterocycles. The smallest absolute Gasteiger partial charge is 0.306 e. The van der Waals surface area contributed by atoms with Crippen LogP contribution in [0.1, 0.15) is 15.9 Å². The van der Waals surface area contributed by atoms with Crippen molar-refractivity contribution in [3.63, 3.8) is 0 Å². The normalized spacial score (nSPS) is 11.1. The molecule has 4 aromatic rings. The monoisotopic (exact) mass is 536 g/mol. The first kappa shape index (κ1) is 26.7. The molecule has 196 valence electrons. The second-order valence-electron chi connectivity index (χ2n) is 8.30. The van der Waals surface area contributed by atoms with Gasteiger partial charge < -0.3 is 18.4 Å². The van der Waals surface area contributed by atoms with Gasteiger partial charge in [0.15, 0.2) is 17.8 Å². The van der Waals surface area contributed by atoms with Gasteiger partial charge in [-0.3, -0.25) is 4.79 Å². The van der Waals surface area contributed by atoms with Crippen molar-refractivity contribution >= 4 is 16.4 Å². The van der Waals surface area contributed by atoms with Gasteiger partial charge in [0.2, 0.25) is 0 Å². The third-order valence-corrected chi connectivity index (χ3v) is 6.17. The van der Waals surface area contributed by atoms with Gasteiger partial charge in [0.25, 0.3) is 0 Å². The van der Waals surface area contributed by atoms with Gasteiger partial charge >= 0.3 is 10.1 Å². The minimum Gasteiger partial charge on any atom is -0.496 e. The Bertz CT molecular complexity index is 1550. The highest BCUT2D eigenvalue weighted by atomic mass is 32.2. The molecule has 0 amide bonds. The molecule has 0 aliphatic carbocycles. The number of hydrogen-bond acceptors (Lipinski definition) is 7. The topological polar surface area (TPSA) is 88.1 Å². The number of carbonyl (C=O) groups excluding carboxylic acids is 1. The first-order chi connectivity index (χ1) is 18.2. The lowest BCUT2D eigenvalue weighted by atomic mass is 9.92. The lowest BCUT2D eigenvalue weighted by Gasteiger charge is -2.19. The van der Waals surface area contributed by atoms with E-state index in [0.717, 1.165) is 11.8 Å². The highest BCUT2D eigenvalue weighted by Gasteiger charge is 2.23. The minimum atomic E-state index is -3.89. The SMILES string of the molecule is COc1cc(-c2ccc(OCc3ccccc3)c(OS(C)(=O)=O)c2)c(OC)c(C=O)c1-c1ccc(F)cc1. The molecule has 9 heteroatoms. The molecule has 7 nitrogen and oxygen atoms in total. The summed E-state index contributed by atoms with van der Waals surface area (Å²) in [6, 6.07) is 21.5. The molecule has 4 aromatic carbocycles. The number of methoxy groups -OCH3 is 2. The summed E-state index contributed by atoms with van der Waals surface area (Å²) in [7, 11) is -1.03. The van der Waals surface area contributed by atoms with Crippen molar-refractivity contribution in [3.8, 4) is 45.3 Å². The van der Waals surface area contributed by atoms with Gasteiger partial charge in [-0.2, -0.15) is 8.42 Å². The van der Waals surface area contributed by atoms with Crippen molar-refractivity contribution < 1.29 is 36.0 Å². The molecule has 0 aliphatic rings. The van der Waals surface area contributed by atoms with Crippen LogP contribution in [-0.4, -0.2) is 35.2 Å². The maximum absolute atomic E-state index is 13.5. The zero-order valence-corrected chi connectivity index (χ0v) is 21.8. The standard InChI is InChI=1S/C29H25FO7S/c1-34-27-16-23(29(35-2)24(17-31)28(27)20-9-12-22(30)13-10-20)21-11-14-25(26(15-21)37-38(3,32)33)36-18-19-7-5-4-6-8-19/h4-17H,18H2,1-3H3. The summed E-state index contributed by atoms with van der Waals surface area (Å²) in [5.74, 6) is 0.328. The Morgan fingerprint density at radius 2 is 1.50 bits per heavy atom. The number of benzene rings is 4. The van der Waals surface area contributed by atoms with Crippen LogP contribution in [0.25, 0.3) is 22.3 Å². The quantitative estimate of drug-likeness (QED) is 0.184. The zero-order chi connectivity index (χ0) is 27.3. The summed E-state index contributed by atoms with van der Waals surface area (Å²) in [6.45, 7) is 0.194.